The van der Waals surface area contributed by atoms with E-state index in [9.17, 15) is 19.4 Å². The lowest BCUT2D eigenvalue weighted by Gasteiger charge is -2.29. The Kier molecular flexibility index (Phi) is 57.9. The molecule has 0 spiro atoms. The average molecular weight is 1100 g/mol. The molecule has 8 nitrogen and oxygen atoms in total. The summed E-state index contributed by atoms with van der Waals surface area (Å²) in [6, 6.07) is -0.904. The predicted octanol–water partition coefficient (Wildman–Crippen LogP) is 20.4. The van der Waals surface area contributed by atoms with E-state index >= 15 is 0 Å². The number of phosphoric ester groups is 1. The van der Waals surface area contributed by atoms with Crippen LogP contribution in [0.1, 0.15) is 328 Å². The molecule has 3 unspecified atom stereocenters. The molecule has 2 N–H and O–H groups in total. The van der Waals surface area contributed by atoms with Gasteiger partial charge in [0.25, 0.3) is 7.82 Å². The van der Waals surface area contributed by atoms with Crippen molar-refractivity contribution in [1.82, 2.24) is 5.32 Å². The number of rotatable bonds is 62. The Morgan fingerprint density at radius 2 is 0.766 bits per heavy atom. The molecule has 0 heterocycles. The lowest BCUT2D eigenvalue weighted by atomic mass is 10.0. The average Bonchev–Trinajstić information content (AvgIpc) is 3.39. The van der Waals surface area contributed by atoms with Crippen molar-refractivity contribution in [2.75, 3.05) is 40.9 Å². The van der Waals surface area contributed by atoms with Crippen molar-refractivity contribution in [2.24, 2.45) is 0 Å². The van der Waals surface area contributed by atoms with Crippen LogP contribution in [0, 0.1) is 0 Å². The largest absolute Gasteiger partial charge is 0.756 e. The molecule has 0 bridgehead atoms. The molecule has 77 heavy (non-hydrogen) atoms. The molecule has 0 aromatic rings. The maximum absolute atomic E-state index is 13.0. The fraction of sp³-hybridized carbons (Fsp3) is 0.868. The van der Waals surface area contributed by atoms with Gasteiger partial charge in [-0.1, -0.05) is 306 Å². The van der Waals surface area contributed by atoms with Gasteiger partial charge in [0, 0.05) is 6.42 Å². The van der Waals surface area contributed by atoms with Gasteiger partial charge in [0.05, 0.1) is 39.9 Å². The molecule has 454 valence electrons. The number of nitrogens with one attached hydrogen (secondary N) is 1. The number of amides is 1. The quantitative estimate of drug-likeness (QED) is 0.0272. The normalized spacial score (nSPS) is 14.0. The van der Waals surface area contributed by atoms with Gasteiger partial charge in [-0.05, 0) is 64.2 Å². The molecule has 3 atom stereocenters. The SMILES string of the molecule is CCCCCCC/C=C\C/C=C\CCCCCCCCCCCCCCCCCCCCCCCC(=O)NC(COP(=O)([O-])OCC[N+](C)(C)C)C(O)/C=C/CC/C=C/CCCCCCCCCCCCCCCCCC. The van der Waals surface area contributed by atoms with Crippen LogP contribution >= 0.6 is 7.82 Å². The summed E-state index contributed by atoms with van der Waals surface area (Å²) >= 11 is 0. The van der Waals surface area contributed by atoms with Crippen LogP contribution in [0.3, 0.4) is 0 Å². The van der Waals surface area contributed by atoms with Crippen molar-refractivity contribution in [3.63, 3.8) is 0 Å². The zero-order valence-corrected chi connectivity index (χ0v) is 52.8. The number of nitrogens with zero attached hydrogens (tertiary/aromatic N) is 1. The number of carbonyl (C=O) groups excluding carboxylic acids is 1. The highest BCUT2D eigenvalue weighted by atomic mass is 31.2. The number of carbonyl (C=O) groups is 1. The Bertz CT molecular complexity index is 1390. The highest BCUT2D eigenvalue weighted by molar-refractivity contribution is 7.45. The van der Waals surface area contributed by atoms with E-state index < -0.39 is 20.0 Å². The van der Waals surface area contributed by atoms with Crippen molar-refractivity contribution >= 4 is 13.7 Å². The Morgan fingerprint density at radius 3 is 1.13 bits per heavy atom. The molecule has 0 aromatic carbocycles. The second-order valence-corrected chi connectivity index (χ2v) is 25.6. The summed E-state index contributed by atoms with van der Waals surface area (Å²) in [5.41, 5.74) is 0. The third kappa shape index (κ3) is 61.9. The maximum atomic E-state index is 13.0. The topological polar surface area (TPSA) is 108 Å². The monoisotopic (exact) mass is 1100 g/mol. The molecule has 0 fully saturated rings. The Hall–Kier alpha value is -1.54. The van der Waals surface area contributed by atoms with E-state index in [0.717, 1.165) is 44.9 Å². The van der Waals surface area contributed by atoms with Crippen LogP contribution in [-0.4, -0.2) is 68.5 Å². The smallest absolute Gasteiger partial charge is 0.268 e. The fourth-order valence-electron chi connectivity index (χ4n) is 10.0. The Morgan fingerprint density at radius 1 is 0.455 bits per heavy atom. The van der Waals surface area contributed by atoms with Gasteiger partial charge in [-0.25, -0.2) is 0 Å². The first-order chi connectivity index (χ1) is 37.5. The van der Waals surface area contributed by atoms with Crippen LogP contribution in [0.15, 0.2) is 48.6 Å². The van der Waals surface area contributed by atoms with Gasteiger partial charge in [0.1, 0.15) is 13.2 Å². The molecule has 0 radical (unpaired) electrons. The summed E-state index contributed by atoms with van der Waals surface area (Å²) in [5, 5.41) is 13.9. The van der Waals surface area contributed by atoms with E-state index in [-0.39, 0.29) is 19.1 Å². The molecule has 0 aliphatic carbocycles. The summed E-state index contributed by atoms with van der Waals surface area (Å²) in [7, 11) is 1.26. The minimum atomic E-state index is -4.61. The minimum Gasteiger partial charge on any atom is -0.756 e. The van der Waals surface area contributed by atoms with Gasteiger partial charge in [-0.3, -0.25) is 9.36 Å². The van der Waals surface area contributed by atoms with Gasteiger partial charge in [0.2, 0.25) is 5.91 Å². The van der Waals surface area contributed by atoms with Gasteiger partial charge >= 0.3 is 0 Å². The van der Waals surface area contributed by atoms with Crippen LogP contribution < -0.4 is 10.2 Å². The van der Waals surface area contributed by atoms with Gasteiger partial charge < -0.3 is 28.8 Å². The number of aliphatic hydroxyl groups is 1. The Balaban J connectivity index is 4.07. The van der Waals surface area contributed by atoms with Crippen molar-refractivity contribution in [1.29, 1.82) is 0 Å². The molecule has 0 rings (SSSR count). The van der Waals surface area contributed by atoms with Crippen molar-refractivity contribution in [3.05, 3.63) is 48.6 Å². The molecule has 0 aromatic heterocycles. The van der Waals surface area contributed by atoms with Crippen molar-refractivity contribution < 1.29 is 32.9 Å². The van der Waals surface area contributed by atoms with E-state index in [4.69, 9.17) is 9.05 Å². The second kappa shape index (κ2) is 59.1. The summed E-state index contributed by atoms with van der Waals surface area (Å²) in [6.45, 7) is 4.66. The van der Waals surface area contributed by atoms with E-state index in [0.29, 0.717) is 17.4 Å². The number of quaternary nitrogens is 1. The first kappa shape index (κ1) is 75.5. The highest BCUT2D eigenvalue weighted by Gasteiger charge is 2.23. The van der Waals surface area contributed by atoms with Crippen LogP contribution in [0.5, 0.6) is 0 Å². The number of hydrogen-bond donors (Lipinski definition) is 2. The van der Waals surface area contributed by atoms with E-state index in [1.807, 2.05) is 27.2 Å². The number of allylic oxidation sites excluding steroid dienone is 7. The lowest BCUT2D eigenvalue weighted by molar-refractivity contribution is -0.870. The lowest BCUT2D eigenvalue weighted by Crippen LogP contribution is -2.45. The van der Waals surface area contributed by atoms with Crippen LogP contribution in [0.4, 0.5) is 0 Å². The first-order valence-electron chi connectivity index (χ1n) is 33.5. The summed E-state index contributed by atoms with van der Waals surface area (Å²) < 4.78 is 23.4. The third-order valence-electron chi connectivity index (χ3n) is 15.3. The van der Waals surface area contributed by atoms with Crippen LogP contribution in [0.2, 0.25) is 0 Å². The van der Waals surface area contributed by atoms with Crippen LogP contribution in [0.25, 0.3) is 0 Å². The fourth-order valence-corrected chi connectivity index (χ4v) is 10.8. The van der Waals surface area contributed by atoms with Gasteiger partial charge in [-0.15, -0.1) is 0 Å². The summed E-state index contributed by atoms with van der Waals surface area (Å²) in [4.78, 5) is 25.6. The number of unbranched alkanes of at least 4 members (excludes halogenated alkanes) is 43. The van der Waals surface area contributed by atoms with Gasteiger partial charge in [0.15, 0.2) is 0 Å². The minimum absolute atomic E-state index is 0.00523. The summed E-state index contributed by atoms with van der Waals surface area (Å²) in [6.07, 6.45) is 79.4. The molecule has 0 saturated carbocycles. The molecule has 1 amide bonds. The van der Waals surface area contributed by atoms with E-state index in [2.05, 4.69) is 55.6 Å². The number of likely N-dealkylation sites (N-methyl/N-ethyl adjacent to an activating group) is 1. The maximum Gasteiger partial charge on any atom is 0.268 e. The second-order valence-electron chi connectivity index (χ2n) is 24.2. The van der Waals surface area contributed by atoms with Crippen molar-refractivity contribution in [3.8, 4) is 0 Å². The van der Waals surface area contributed by atoms with E-state index in [1.54, 1.807) is 6.08 Å². The van der Waals surface area contributed by atoms with E-state index in [1.165, 1.54) is 263 Å². The van der Waals surface area contributed by atoms with Crippen LogP contribution in [-0.2, 0) is 18.4 Å². The zero-order valence-electron chi connectivity index (χ0n) is 51.9. The molecule has 0 aliphatic heterocycles. The summed E-state index contributed by atoms with van der Waals surface area (Å²) in [5.74, 6) is -0.201. The molecule has 9 heteroatoms. The number of hydrogen-bond acceptors (Lipinski definition) is 6. The van der Waals surface area contributed by atoms with Gasteiger partial charge in [-0.2, -0.15) is 0 Å². The third-order valence-corrected chi connectivity index (χ3v) is 16.2. The zero-order chi connectivity index (χ0) is 56.3. The Labute approximate surface area is 479 Å². The first-order valence-corrected chi connectivity index (χ1v) is 35.0. The molecular weight excluding hydrogens is 972 g/mol. The highest BCUT2D eigenvalue weighted by Crippen LogP contribution is 2.38. The van der Waals surface area contributed by atoms with Crippen molar-refractivity contribution in [2.45, 2.75) is 341 Å². The molecule has 0 saturated heterocycles. The number of phosphoric acid groups is 1. The predicted molar refractivity (Wildman–Crippen MR) is 334 cm³/mol. The standard InChI is InChI=1S/C68H131N2O6P/c1-6-8-10-12-14-16-18-20-22-24-26-28-30-31-32-33-34-35-36-37-38-39-40-42-44-46-48-50-52-54-56-58-60-62-68(72)69-66(65-76-77(73,74)75-64-63-70(3,4)5)67(71)61-59-57-55-53-51-49-47-45-43-41-29-27-25-23-21-19-17-15-13-11-9-7-2/h18,20,24,26,51,53,59,61,66-67,71H,6-17,19,21-23,25,27-50,52,54-58,60,62-65H2,1-5H3,(H-,69,72,73,74)/b20-18-,26-24-,53-51+,61-59+. The number of aliphatic hydroxyl groups excluding tert-OH is 1. The molecular formula is C68H131N2O6P. The molecule has 0 aliphatic rings.